The lowest BCUT2D eigenvalue weighted by Crippen LogP contribution is -2.41. The van der Waals surface area contributed by atoms with Crippen molar-refractivity contribution in [1.29, 1.82) is 0 Å². The number of nitrogens with zero attached hydrogens (tertiary/aromatic N) is 1. The van der Waals surface area contributed by atoms with Crippen molar-refractivity contribution in [3.05, 3.63) is 59.2 Å². The average molecular weight is 567 g/mol. The zero-order chi connectivity index (χ0) is 28.5. The second kappa shape index (κ2) is 15.0. The number of amides is 1. The van der Waals surface area contributed by atoms with E-state index in [9.17, 15) is 14.7 Å². The van der Waals surface area contributed by atoms with Gasteiger partial charge in [-0.2, -0.15) is 11.8 Å². The van der Waals surface area contributed by atoms with Crippen molar-refractivity contribution in [2.75, 3.05) is 25.2 Å². The van der Waals surface area contributed by atoms with Crippen LogP contribution in [0.3, 0.4) is 0 Å². The molecule has 4 rings (SSSR count). The first-order valence-electron chi connectivity index (χ1n) is 15.0. The predicted molar refractivity (Wildman–Crippen MR) is 164 cm³/mol. The molecule has 0 unspecified atom stereocenters. The first kappa shape index (κ1) is 30.6. The third-order valence-electron chi connectivity index (χ3n) is 8.63. The molecule has 0 bridgehead atoms. The molecule has 1 saturated carbocycles. The van der Waals surface area contributed by atoms with E-state index in [1.54, 1.807) is 11.8 Å². The van der Waals surface area contributed by atoms with Crippen LogP contribution in [0, 0.1) is 12.8 Å². The molecule has 0 spiro atoms. The number of hydrogen-bond donors (Lipinski definition) is 2. The van der Waals surface area contributed by atoms with Crippen molar-refractivity contribution >= 4 is 23.6 Å². The number of hydrogen-bond acceptors (Lipinski definition) is 5. The van der Waals surface area contributed by atoms with Crippen LogP contribution in [0.5, 0.6) is 0 Å². The predicted octanol–water partition coefficient (Wildman–Crippen LogP) is 6.55. The SMILES string of the molecule is CC[C@@H]1C[C@@H](COC2CCCCC2)N(Cc2ccc(C(=O)N[C@@H](CCSC)C(=O)O)c(-c3ccccc3C)c2)C1. The molecule has 40 heavy (non-hydrogen) atoms. The van der Waals surface area contributed by atoms with Gasteiger partial charge in [-0.25, -0.2) is 4.79 Å². The zero-order valence-corrected chi connectivity index (χ0v) is 25.2. The minimum absolute atomic E-state index is 0.343. The summed E-state index contributed by atoms with van der Waals surface area (Å²) in [4.78, 5) is 27.8. The molecule has 6 nitrogen and oxygen atoms in total. The van der Waals surface area contributed by atoms with Crippen LogP contribution in [0.15, 0.2) is 42.5 Å². The number of ether oxygens (including phenoxy) is 1. The van der Waals surface area contributed by atoms with Crippen molar-refractivity contribution in [2.45, 2.75) is 89.9 Å². The number of rotatable bonds is 13. The van der Waals surface area contributed by atoms with E-state index in [-0.39, 0.29) is 5.91 Å². The van der Waals surface area contributed by atoms with Gasteiger partial charge in [0.05, 0.1) is 12.7 Å². The lowest BCUT2D eigenvalue weighted by Gasteiger charge is -2.28. The van der Waals surface area contributed by atoms with E-state index < -0.39 is 12.0 Å². The molecule has 2 aliphatic rings. The van der Waals surface area contributed by atoms with Crippen molar-refractivity contribution in [3.8, 4) is 11.1 Å². The number of carbonyl (C=O) groups excluding carboxylic acids is 1. The van der Waals surface area contributed by atoms with Gasteiger partial charge in [-0.1, -0.05) is 62.9 Å². The van der Waals surface area contributed by atoms with E-state index >= 15 is 0 Å². The Balaban J connectivity index is 1.56. The summed E-state index contributed by atoms with van der Waals surface area (Å²) >= 11 is 1.57. The quantitative estimate of drug-likeness (QED) is 0.286. The molecule has 1 heterocycles. The highest BCUT2D eigenvalue weighted by molar-refractivity contribution is 7.98. The maximum atomic E-state index is 13.4. The number of benzene rings is 2. The second-order valence-electron chi connectivity index (χ2n) is 11.5. The summed E-state index contributed by atoms with van der Waals surface area (Å²) in [5, 5.41) is 12.5. The lowest BCUT2D eigenvalue weighted by molar-refractivity contribution is -0.139. The largest absolute Gasteiger partial charge is 0.480 e. The van der Waals surface area contributed by atoms with Gasteiger partial charge in [-0.3, -0.25) is 9.69 Å². The molecule has 2 aromatic rings. The summed E-state index contributed by atoms with van der Waals surface area (Å²) in [6.07, 6.45) is 11.3. The number of carboxylic acid groups (broad SMARTS) is 1. The highest BCUT2D eigenvalue weighted by Gasteiger charge is 2.32. The van der Waals surface area contributed by atoms with Gasteiger partial charge in [0.15, 0.2) is 0 Å². The third kappa shape index (κ3) is 8.11. The Morgan fingerprint density at radius 1 is 1.12 bits per heavy atom. The van der Waals surface area contributed by atoms with E-state index in [0.29, 0.717) is 35.8 Å². The average Bonchev–Trinajstić information content (AvgIpc) is 3.36. The van der Waals surface area contributed by atoms with Gasteiger partial charge >= 0.3 is 5.97 Å². The van der Waals surface area contributed by atoms with E-state index in [4.69, 9.17) is 4.74 Å². The Labute approximate surface area is 244 Å². The van der Waals surface area contributed by atoms with Crippen LogP contribution in [0.2, 0.25) is 0 Å². The number of thioether (sulfide) groups is 1. The maximum absolute atomic E-state index is 13.4. The van der Waals surface area contributed by atoms with Crippen molar-refractivity contribution in [2.24, 2.45) is 5.92 Å². The molecule has 1 aliphatic heterocycles. The maximum Gasteiger partial charge on any atom is 0.326 e. The molecule has 2 N–H and O–H groups in total. The second-order valence-corrected chi connectivity index (χ2v) is 12.5. The molecular formula is C33H46N2O4S. The van der Waals surface area contributed by atoms with E-state index in [1.165, 1.54) is 44.9 Å². The monoisotopic (exact) mass is 566 g/mol. The summed E-state index contributed by atoms with van der Waals surface area (Å²) in [5.74, 6) is -0.00190. The Morgan fingerprint density at radius 2 is 1.90 bits per heavy atom. The first-order valence-corrected chi connectivity index (χ1v) is 16.4. The molecule has 1 aliphatic carbocycles. The summed E-state index contributed by atoms with van der Waals surface area (Å²) in [6.45, 7) is 6.99. The third-order valence-corrected chi connectivity index (χ3v) is 9.28. The van der Waals surface area contributed by atoms with Gasteiger partial charge in [-0.05, 0) is 84.9 Å². The number of aryl methyl sites for hydroxylation is 1. The molecule has 1 saturated heterocycles. The molecule has 0 radical (unpaired) electrons. The van der Waals surface area contributed by atoms with Crippen molar-refractivity contribution in [3.63, 3.8) is 0 Å². The van der Waals surface area contributed by atoms with E-state index in [2.05, 4.69) is 23.2 Å². The lowest BCUT2D eigenvalue weighted by atomic mass is 9.93. The fourth-order valence-electron chi connectivity index (χ4n) is 6.18. The van der Waals surface area contributed by atoms with Gasteiger partial charge < -0.3 is 15.2 Å². The van der Waals surface area contributed by atoms with Crippen LogP contribution < -0.4 is 5.32 Å². The standard InChI is InChI=1S/C33H46N2O4S/c1-4-24-18-26(22-39-27-11-6-5-7-12-27)35(20-24)21-25-14-15-29(30(19-25)28-13-9-8-10-23(28)2)32(36)34-31(33(37)38)16-17-40-3/h8-10,13-15,19,24,26-27,31H,4-7,11-12,16-18,20-22H2,1-3H3,(H,34,36)(H,37,38)/t24-,26+,31+/m1/s1. The number of carboxylic acids is 1. The smallest absolute Gasteiger partial charge is 0.326 e. The van der Waals surface area contributed by atoms with Crippen molar-refractivity contribution in [1.82, 2.24) is 10.2 Å². The topological polar surface area (TPSA) is 78.9 Å². The summed E-state index contributed by atoms with van der Waals surface area (Å²) in [5.41, 5.74) is 4.60. The Morgan fingerprint density at radius 3 is 2.60 bits per heavy atom. The molecule has 2 aromatic carbocycles. The van der Waals surface area contributed by atoms with Gasteiger partial charge in [0.2, 0.25) is 0 Å². The van der Waals surface area contributed by atoms with Crippen LogP contribution >= 0.6 is 11.8 Å². The molecule has 3 atom stereocenters. The minimum Gasteiger partial charge on any atom is -0.480 e. The Hall–Kier alpha value is -2.35. The van der Waals surface area contributed by atoms with Crippen LogP contribution in [0.1, 0.15) is 79.8 Å². The van der Waals surface area contributed by atoms with Crippen LogP contribution in [-0.4, -0.2) is 65.2 Å². The van der Waals surface area contributed by atoms with Crippen LogP contribution in [0.25, 0.3) is 11.1 Å². The number of aliphatic carboxylic acids is 1. The molecule has 0 aromatic heterocycles. The summed E-state index contributed by atoms with van der Waals surface area (Å²) in [6, 6.07) is 13.6. The van der Waals surface area contributed by atoms with E-state index in [1.807, 2.05) is 49.6 Å². The summed E-state index contributed by atoms with van der Waals surface area (Å²) in [7, 11) is 0. The molecule has 7 heteroatoms. The van der Waals surface area contributed by atoms with E-state index in [0.717, 1.165) is 42.0 Å². The number of carbonyl (C=O) groups is 2. The molecular weight excluding hydrogens is 520 g/mol. The fourth-order valence-corrected chi connectivity index (χ4v) is 6.65. The van der Waals surface area contributed by atoms with Crippen LogP contribution in [0.4, 0.5) is 0 Å². The number of nitrogens with one attached hydrogen (secondary N) is 1. The minimum atomic E-state index is -1.00. The Kier molecular flexibility index (Phi) is 11.5. The highest BCUT2D eigenvalue weighted by Crippen LogP contribution is 2.32. The Bertz CT molecular complexity index is 1130. The molecule has 1 amide bonds. The molecule has 218 valence electrons. The highest BCUT2D eigenvalue weighted by atomic mass is 32.2. The van der Waals surface area contributed by atoms with Crippen LogP contribution in [-0.2, 0) is 16.1 Å². The summed E-state index contributed by atoms with van der Waals surface area (Å²) < 4.78 is 6.43. The normalized spacial score (nSPS) is 20.9. The number of likely N-dealkylation sites (tertiary alicyclic amines) is 1. The van der Waals surface area contributed by atoms with Gasteiger partial charge in [0, 0.05) is 24.7 Å². The van der Waals surface area contributed by atoms with Crippen molar-refractivity contribution < 1.29 is 19.4 Å². The first-order chi connectivity index (χ1) is 19.4. The van der Waals surface area contributed by atoms with Gasteiger partial charge in [-0.15, -0.1) is 0 Å². The van der Waals surface area contributed by atoms with Gasteiger partial charge in [0.25, 0.3) is 5.91 Å². The van der Waals surface area contributed by atoms with Gasteiger partial charge in [0.1, 0.15) is 6.04 Å². The fraction of sp³-hybridized carbons (Fsp3) is 0.576. The molecule has 2 fully saturated rings. The zero-order valence-electron chi connectivity index (χ0n) is 24.4.